The number of halogens is 1. The number of nitrogens with one attached hydrogen (secondary N) is 1. The van der Waals surface area contributed by atoms with Crippen LogP contribution < -0.4 is 10.3 Å². The van der Waals surface area contributed by atoms with Gasteiger partial charge in [0, 0.05) is 24.4 Å². The summed E-state index contributed by atoms with van der Waals surface area (Å²) >= 11 is 0. The van der Waals surface area contributed by atoms with Crippen LogP contribution in [0.25, 0.3) is 27.8 Å². The molecule has 0 fully saturated rings. The minimum Gasteiger partial charge on any atom is -0.490 e. The number of ether oxygens (including phenoxy) is 1. The quantitative estimate of drug-likeness (QED) is 0.510. The van der Waals surface area contributed by atoms with Crippen LogP contribution in [-0.4, -0.2) is 36.8 Å². The van der Waals surface area contributed by atoms with Crippen molar-refractivity contribution in [2.75, 3.05) is 6.61 Å². The number of rotatable bonds is 6. The number of benzene rings is 1. The summed E-state index contributed by atoms with van der Waals surface area (Å²) < 4.78 is 21.9. The van der Waals surface area contributed by atoms with Gasteiger partial charge in [0.2, 0.25) is 0 Å². The molecule has 1 aromatic carbocycles. The van der Waals surface area contributed by atoms with Gasteiger partial charge in [0.1, 0.15) is 0 Å². The maximum absolute atomic E-state index is 14.7. The normalized spacial score (nSPS) is 11.7. The number of pyridine rings is 1. The number of nitrogens with zero attached hydrogens (tertiary/aromatic N) is 3. The Kier molecular flexibility index (Phi) is 5.09. The van der Waals surface area contributed by atoms with Gasteiger partial charge in [-0.3, -0.25) is 14.3 Å². The Hall–Kier alpha value is -3.52. The topological polar surface area (TPSA) is 93.0 Å². The number of hydrogen-bond donors (Lipinski definition) is 2. The smallest absolute Gasteiger partial charge is 0.260 e. The molecule has 4 rings (SSSR count). The van der Waals surface area contributed by atoms with E-state index in [1.54, 1.807) is 49.1 Å². The third-order valence-electron chi connectivity index (χ3n) is 4.73. The highest BCUT2D eigenvalue weighted by atomic mass is 19.1. The zero-order chi connectivity index (χ0) is 21.3. The molecular weight excluding hydrogens is 387 g/mol. The zero-order valence-electron chi connectivity index (χ0n) is 16.6. The molecule has 30 heavy (non-hydrogen) atoms. The van der Waals surface area contributed by atoms with Crippen molar-refractivity contribution in [3.05, 3.63) is 71.4 Å². The highest BCUT2D eigenvalue weighted by Gasteiger charge is 2.18. The fraction of sp³-hybridized carbons (Fsp3) is 0.227. The highest BCUT2D eigenvalue weighted by Crippen LogP contribution is 2.32. The van der Waals surface area contributed by atoms with Gasteiger partial charge in [-0.1, -0.05) is 6.07 Å². The molecule has 4 aromatic rings. The van der Waals surface area contributed by atoms with Gasteiger partial charge in [-0.05, 0) is 43.7 Å². The molecule has 7 nitrogen and oxygen atoms in total. The Balaban J connectivity index is 1.75. The molecule has 0 atom stereocenters. The van der Waals surface area contributed by atoms with Crippen molar-refractivity contribution < 1.29 is 14.2 Å². The third kappa shape index (κ3) is 3.95. The Morgan fingerprint density at radius 3 is 2.83 bits per heavy atom. The van der Waals surface area contributed by atoms with Crippen molar-refractivity contribution in [3.63, 3.8) is 0 Å². The van der Waals surface area contributed by atoms with Crippen molar-refractivity contribution >= 4 is 11.0 Å². The number of H-pyrrole nitrogens is 1. The summed E-state index contributed by atoms with van der Waals surface area (Å²) in [6.45, 7) is 3.52. The van der Waals surface area contributed by atoms with Crippen molar-refractivity contribution in [2.45, 2.75) is 25.9 Å². The van der Waals surface area contributed by atoms with Crippen molar-refractivity contribution in [1.82, 2.24) is 19.5 Å². The predicted molar refractivity (Wildman–Crippen MR) is 111 cm³/mol. The highest BCUT2D eigenvalue weighted by molar-refractivity contribution is 5.94. The maximum Gasteiger partial charge on any atom is 0.260 e. The van der Waals surface area contributed by atoms with Gasteiger partial charge in [0.25, 0.3) is 5.56 Å². The van der Waals surface area contributed by atoms with Crippen molar-refractivity contribution in [1.29, 1.82) is 0 Å². The van der Waals surface area contributed by atoms with Crippen LogP contribution in [0.4, 0.5) is 4.39 Å². The first-order chi connectivity index (χ1) is 14.3. The van der Waals surface area contributed by atoms with Crippen molar-refractivity contribution in [3.8, 4) is 22.6 Å². The van der Waals surface area contributed by atoms with Crippen molar-refractivity contribution in [2.24, 2.45) is 0 Å². The molecule has 0 bridgehead atoms. The Bertz CT molecular complexity index is 1240. The van der Waals surface area contributed by atoms with Gasteiger partial charge < -0.3 is 14.8 Å². The van der Waals surface area contributed by atoms with E-state index in [-0.39, 0.29) is 17.9 Å². The van der Waals surface area contributed by atoms with Gasteiger partial charge in [0.05, 0.1) is 35.8 Å². The van der Waals surface area contributed by atoms with Crippen LogP contribution in [0.5, 0.6) is 5.75 Å². The van der Waals surface area contributed by atoms with Crippen LogP contribution in [0, 0.1) is 5.82 Å². The first-order valence-electron chi connectivity index (χ1n) is 9.48. The average Bonchev–Trinajstić information content (AvgIpc) is 3.10. The lowest BCUT2D eigenvalue weighted by Crippen LogP contribution is -2.21. The summed E-state index contributed by atoms with van der Waals surface area (Å²) in [5.74, 6) is -0.461. The molecule has 154 valence electrons. The fourth-order valence-corrected chi connectivity index (χ4v) is 3.18. The predicted octanol–water partition coefficient (Wildman–Crippen LogP) is 3.45. The summed E-state index contributed by atoms with van der Waals surface area (Å²) in [6, 6.07) is 8.17. The lowest BCUT2D eigenvalue weighted by atomic mass is 10.1. The van der Waals surface area contributed by atoms with E-state index in [0.29, 0.717) is 28.6 Å². The van der Waals surface area contributed by atoms with Gasteiger partial charge in [-0.25, -0.2) is 9.37 Å². The van der Waals surface area contributed by atoms with Crippen LogP contribution in [0.1, 0.15) is 20.3 Å². The molecule has 0 radical (unpaired) electrons. The zero-order valence-corrected chi connectivity index (χ0v) is 16.6. The first-order valence-corrected chi connectivity index (χ1v) is 9.48. The molecule has 3 heterocycles. The largest absolute Gasteiger partial charge is 0.490 e. The van der Waals surface area contributed by atoms with E-state index >= 15 is 0 Å². The van der Waals surface area contributed by atoms with E-state index in [9.17, 15) is 14.3 Å². The SMILES string of the molecule is CC(C)(O)CCOc1ccc(-c2cn(-c3cccnc3)c3nc[nH]c(=O)c23)cc1F. The van der Waals surface area contributed by atoms with Gasteiger partial charge in [0.15, 0.2) is 17.2 Å². The lowest BCUT2D eigenvalue weighted by molar-refractivity contribution is 0.0547. The lowest BCUT2D eigenvalue weighted by Gasteiger charge is -2.17. The molecule has 0 saturated carbocycles. The molecule has 0 aliphatic heterocycles. The number of hydrogen-bond acceptors (Lipinski definition) is 5. The van der Waals surface area contributed by atoms with E-state index < -0.39 is 11.4 Å². The van der Waals surface area contributed by atoms with E-state index in [4.69, 9.17) is 4.74 Å². The van der Waals surface area contributed by atoms with E-state index in [1.165, 1.54) is 18.5 Å². The Morgan fingerprint density at radius 1 is 1.30 bits per heavy atom. The van der Waals surface area contributed by atoms with Crippen LogP contribution in [0.3, 0.4) is 0 Å². The fourth-order valence-electron chi connectivity index (χ4n) is 3.18. The van der Waals surface area contributed by atoms with E-state index in [2.05, 4.69) is 15.0 Å². The van der Waals surface area contributed by atoms with Crippen LogP contribution in [0.2, 0.25) is 0 Å². The second-order valence-corrected chi connectivity index (χ2v) is 7.61. The molecule has 3 aromatic heterocycles. The van der Waals surface area contributed by atoms with Gasteiger partial charge in [-0.2, -0.15) is 0 Å². The molecule has 2 N–H and O–H groups in total. The van der Waals surface area contributed by atoms with Crippen LogP contribution >= 0.6 is 0 Å². The molecule has 0 amide bonds. The summed E-state index contributed by atoms with van der Waals surface area (Å²) in [5, 5.41) is 10.1. The minimum absolute atomic E-state index is 0.0889. The summed E-state index contributed by atoms with van der Waals surface area (Å²) in [7, 11) is 0. The standard InChI is InChI=1S/C22H21FN4O3/c1-22(2,29)7-9-30-18-6-5-14(10-17(18)23)16-12-27(15-4-3-8-24-11-15)20-19(16)21(28)26-13-25-20/h3-6,8,10-13,29H,7,9H2,1-2H3,(H,25,26,28). The third-order valence-corrected chi connectivity index (χ3v) is 4.73. The second kappa shape index (κ2) is 7.72. The molecular formula is C22H21FN4O3. The van der Waals surface area contributed by atoms with E-state index in [1.807, 2.05) is 6.07 Å². The number of aromatic nitrogens is 4. The molecule has 0 aliphatic carbocycles. The van der Waals surface area contributed by atoms with Crippen LogP contribution in [0.15, 0.2) is 60.0 Å². The van der Waals surface area contributed by atoms with Gasteiger partial charge >= 0.3 is 0 Å². The average molecular weight is 408 g/mol. The van der Waals surface area contributed by atoms with E-state index in [0.717, 1.165) is 5.69 Å². The van der Waals surface area contributed by atoms with Gasteiger partial charge in [-0.15, -0.1) is 0 Å². The summed E-state index contributed by atoms with van der Waals surface area (Å²) in [5.41, 5.74) is 1.05. The maximum atomic E-state index is 14.7. The molecule has 0 aliphatic rings. The molecule has 0 unspecified atom stereocenters. The monoisotopic (exact) mass is 408 g/mol. The summed E-state index contributed by atoms with van der Waals surface area (Å²) in [6.07, 6.45) is 6.76. The number of fused-ring (bicyclic) bond motifs is 1. The Labute approximate surface area is 171 Å². The number of aliphatic hydroxyl groups is 1. The van der Waals surface area contributed by atoms with Crippen LogP contribution in [-0.2, 0) is 0 Å². The summed E-state index contributed by atoms with van der Waals surface area (Å²) in [4.78, 5) is 23.5. The Morgan fingerprint density at radius 2 is 2.13 bits per heavy atom. The molecule has 0 saturated heterocycles. The number of aromatic amines is 1. The second-order valence-electron chi connectivity index (χ2n) is 7.61. The molecule has 8 heteroatoms. The molecule has 0 spiro atoms. The first kappa shape index (κ1) is 19.8. The minimum atomic E-state index is -0.890.